The molecule has 5 aromatic carbocycles. The lowest BCUT2D eigenvalue weighted by molar-refractivity contribution is -0.215. The summed E-state index contributed by atoms with van der Waals surface area (Å²) in [6.07, 6.45) is -11.7. The summed E-state index contributed by atoms with van der Waals surface area (Å²) in [5.41, 5.74) is -20.4. The SMILES string of the molecule is COC(=O)c1c(C)cc2c(c1OCC(=O)O)[C@]1(O)C(=O)c3cc4c(c(O)c3C(=O)[C@]1(OC)[C@H](O)C2)C(=O)C=C(NC1O[C@@H](C)[C@H](OC)[C@@H](O)[C@H]1CO)C4=O.COC(=O)c1c(C)cc2c(c1OCC(=O)OCc1ccccc1)[C@]1(O)C(=O)c3cc4c(c(O)c3C(=O)[C@]1(OC)[C@H](O)C2)C(=O)C=C(N[C@H]1O[C@@H](C)[C@H](OC)[C@@H](O)[C@H]1CO)C4=O. The van der Waals surface area contributed by atoms with Crippen molar-refractivity contribution in [3.63, 3.8) is 0 Å². The maximum Gasteiger partial charge on any atom is 0.344 e. The fourth-order valence-electron chi connectivity index (χ4n) is 17.1. The first-order valence-corrected chi connectivity index (χ1v) is 35.6. The number of ether oxygens (including phenoxy) is 11. The van der Waals surface area contributed by atoms with Crippen LogP contribution in [-0.2, 0) is 82.9 Å². The monoisotopic (exact) mass is 1600 g/mol. The van der Waals surface area contributed by atoms with Crippen LogP contribution >= 0.6 is 0 Å². The Morgan fingerprint density at radius 2 is 0.930 bits per heavy atom. The number of hydrogen-bond donors (Lipinski definition) is 13. The molecule has 0 spiro atoms. The molecule has 0 bridgehead atoms. The van der Waals surface area contributed by atoms with Crippen LogP contribution in [0.5, 0.6) is 23.0 Å². The third-order valence-electron chi connectivity index (χ3n) is 22.5. The first-order valence-electron chi connectivity index (χ1n) is 35.6. The lowest BCUT2D eigenvalue weighted by Gasteiger charge is -2.53. The van der Waals surface area contributed by atoms with E-state index in [1.807, 2.05) is 0 Å². The second-order valence-electron chi connectivity index (χ2n) is 28.6. The molecular weight excluding hydrogens is 1520 g/mol. The van der Waals surface area contributed by atoms with Crippen molar-refractivity contribution < 1.29 is 166 Å². The number of rotatable bonds is 20. The van der Waals surface area contributed by atoms with Crippen LogP contribution in [-0.4, -0.2) is 268 Å². The Kier molecular flexibility index (Phi) is 22.8. The zero-order valence-corrected chi connectivity index (χ0v) is 63.0. The number of nitrogens with one attached hydrogen (secondary N) is 2. The number of hydrogen-bond acceptors (Lipinski definition) is 35. The first-order chi connectivity index (χ1) is 54.5. The summed E-state index contributed by atoms with van der Waals surface area (Å²) >= 11 is 0. The number of carboxylic acids is 1. The summed E-state index contributed by atoms with van der Waals surface area (Å²) in [5.74, 6) is -19.9. The molecule has 13 rings (SSSR count). The number of phenolic OH excluding ortho intramolecular Hbond substituents is 2. The smallest absolute Gasteiger partial charge is 0.344 e. The molecule has 6 aliphatic carbocycles. The highest BCUT2D eigenvalue weighted by Gasteiger charge is 2.75. The number of Topliss-reactive ketones (excluding diaryl/α,β-unsaturated/α-hetero) is 6. The summed E-state index contributed by atoms with van der Waals surface area (Å²) in [4.78, 5) is 166. The lowest BCUT2D eigenvalue weighted by Crippen LogP contribution is -2.73. The van der Waals surface area contributed by atoms with Gasteiger partial charge in [-0.15, -0.1) is 0 Å². The summed E-state index contributed by atoms with van der Waals surface area (Å²) in [5, 5.41) is 129. The summed E-state index contributed by atoms with van der Waals surface area (Å²) in [7, 11) is 6.53. The molecule has 8 aliphatic rings. The number of aliphatic carboxylic acids is 1. The Morgan fingerprint density at radius 1 is 0.539 bits per heavy atom. The van der Waals surface area contributed by atoms with Gasteiger partial charge in [0.15, 0.2) is 47.2 Å². The van der Waals surface area contributed by atoms with Gasteiger partial charge in [0.1, 0.15) is 65.4 Å². The number of carbonyl (C=O) groups excluding carboxylic acids is 11. The van der Waals surface area contributed by atoms with E-state index in [4.69, 9.17) is 52.1 Å². The van der Waals surface area contributed by atoms with E-state index < -0.39 is 301 Å². The number of ketones is 8. The molecule has 1 unspecified atom stereocenters. The van der Waals surface area contributed by atoms with Crippen LogP contribution in [0.4, 0.5) is 0 Å². The van der Waals surface area contributed by atoms with E-state index >= 15 is 4.79 Å². The third-order valence-corrected chi connectivity index (χ3v) is 22.5. The Hall–Kier alpha value is -10.9. The van der Waals surface area contributed by atoms with Crippen molar-refractivity contribution in [1.82, 2.24) is 10.6 Å². The molecule has 36 nitrogen and oxygen atoms in total. The molecule has 0 radical (unpaired) electrons. The molecule has 0 saturated carbocycles. The van der Waals surface area contributed by atoms with Gasteiger partial charge in [0.05, 0.1) is 110 Å². The van der Waals surface area contributed by atoms with Crippen LogP contribution in [0, 0.1) is 25.7 Å². The van der Waals surface area contributed by atoms with Gasteiger partial charge in [-0.25, -0.2) is 19.2 Å². The molecule has 2 saturated heterocycles. The van der Waals surface area contributed by atoms with Crippen molar-refractivity contribution in [2.75, 3.05) is 69.1 Å². The molecule has 13 N–H and O–H groups in total. The van der Waals surface area contributed by atoms with E-state index in [-0.39, 0.29) is 34.4 Å². The molecule has 2 aliphatic heterocycles. The first kappa shape index (κ1) is 83.5. The average molecular weight is 1600 g/mol. The number of carbonyl (C=O) groups is 12. The standard InChI is InChI=1S/C43H43NO17.C36H37NO17/c1-18-11-21-12-27(47)43(58-5)39(53)31-23(13-22-30(35(31)51)26(46)14-25(33(22)49)44-40-24(15-45)34(50)36(56-3)19(2)61-40)38(52)42(43,55)32(21)37(29(18)41(54)57-4)60-17-28(48)59-16-20-9-7-6-8-10-20;1-12-6-14-7-20(40)36(52-5)32(47)24-16(31(46)35(36,49)25(14)30(53-11-21(41)42)22(12)34(48)51-4)8-15-23(28(24)45)19(39)9-18(26(15)43)37-33-17(10-38)27(44)29(50-3)13(2)54-33/h6-11,13-14,19,24,27,34,36,40,44-45,47,50-51,55H,12,15-17H2,1-5H3;6,8-9,13,17,20,27,29,33,37-38,40,44-45,49H,7,10-11H2,1-5H3,(H,41,42)/t19-,24+,27+,34-,36-,40-,42-,43+;13-,17+,20+,27-,29-,33?,35-,36+/m00/s1. The van der Waals surface area contributed by atoms with Crippen LogP contribution < -0.4 is 20.1 Å². The van der Waals surface area contributed by atoms with Gasteiger partial charge >= 0.3 is 23.9 Å². The summed E-state index contributed by atoms with van der Waals surface area (Å²) in [6, 6.07) is 12.9. The van der Waals surface area contributed by atoms with Crippen LogP contribution in [0.25, 0.3) is 0 Å². The van der Waals surface area contributed by atoms with Gasteiger partial charge in [0, 0.05) is 86.8 Å². The van der Waals surface area contributed by atoms with Gasteiger partial charge in [0.25, 0.3) is 0 Å². The Morgan fingerprint density at radius 3 is 1.29 bits per heavy atom. The van der Waals surface area contributed by atoms with Gasteiger partial charge in [0.2, 0.25) is 34.7 Å². The number of phenols is 2. The van der Waals surface area contributed by atoms with E-state index in [0.717, 1.165) is 52.7 Å². The fraction of sp³-hybridized carbons (Fsp3) is 0.418. The fourth-order valence-corrected chi connectivity index (χ4v) is 17.1. The van der Waals surface area contributed by atoms with Crippen LogP contribution in [0.3, 0.4) is 0 Å². The van der Waals surface area contributed by atoms with E-state index in [1.54, 1.807) is 44.2 Å². The van der Waals surface area contributed by atoms with Gasteiger partial charge in [-0.2, -0.15) is 0 Å². The lowest BCUT2D eigenvalue weighted by atomic mass is 9.56. The number of methoxy groups -OCH3 is 6. The van der Waals surface area contributed by atoms with Gasteiger partial charge in [-0.1, -0.05) is 42.5 Å². The summed E-state index contributed by atoms with van der Waals surface area (Å²) < 4.78 is 60.1. The van der Waals surface area contributed by atoms with Gasteiger partial charge < -0.3 is 119 Å². The van der Waals surface area contributed by atoms with E-state index in [0.29, 0.717) is 5.56 Å². The molecule has 0 amide bonds. The second-order valence-corrected chi connectivity index (χ2v) is 28.6. The Labute approximate surface area is 651 Å². The van der Waals surface area contributed by atoms with Crippen LogP contribution in [0.1, 0.15) is 156 Å². The second kappa shape index (κ2) is 31.3. The third kappa shape index (κ3) is 12.7. The van der Waals surface area contributed by atoms with Crippen molar-refractivity contribution in [3.8, 4) is 23.0 Å². The van der Waals surface area contributed by atoms with E-state index in [9.17, 15) is 109 Å². The molecule has 2 heterocycles. The van der Waals surface area contributed by atoms with Crippen molar-refractivity contribution in [1.29, 1.82) is 0 Å². The maximum atomic E-state index is 15.1. The van der Waals surface area contributed by atoms with Crippen molar-refractivity contribution >= 4 is 70.1 Å². The molecular formula is C79H80N2O34. The molecule has 0 aromatic heterocycles. The minimum absolute atomic E-state index is 0.00835. The number of carboxylic acid groups (broad SMARTS) is 1. The minimum atomic E-state index is -3.32. The molecule has 16 atom stereocenters. The Bertz CT molecular complexity index is 5070. The topological polar surface area (TPSA) is 553 Å². The predicted octanol–water partition coefficient (Wildman–Crippen LogP) is -0.139. The van der Waals surface area contributed by atoms with E-state index in [2.05, 4.69) is 10.6 Å². The number of esters is 3. The Balaban J connectivity index is 0.000000214. The number of aromatic hydroxyl groups is 2. The zero-order valence-electron chi connectivity index (χ0n) is 63.0. The number of aryl methyl sites for hydroxylation is 2. The average Bonchev–Trinajstić information content (AvgIpc) is 0.672. The number of benzene rings is 5. The maximum absolute atomic E-state index is 15.1. The number of allylic oxidation sites excluding steroid dienone is 4. The zero-order chi connectivity index (χ0) is 84.1. The molecule has 5 aromatic rings. The van der Waals surface area contributed by atoms with Crippen LogP contribution in [0.2, 0.25) is 0 Å². The van der Waals surface area contributed by atoms with E-state index in [1.165, 1.54) is 40.2 Å². The quantitative estimate of drug-likeness (QED) is 0.0356. The van der Waals surface area contributed by atoms with Gasteiger partial charge in [-0.05, 0) is 67.6 Å². The molecule has 2 fully saturated rings. The highest BCUT2D eigenvalue weighted by molar-refractivity contribution is 6.33. The number of aliphatic hydroxyl groups excluding tert-OH is 6. The normalized spacial score (nSPS) is 28.9. The summed E-state index contributed by atoms with van der Waals surface area (Å²) in [6.45, 7) is 2.63. The highest BCUT2D eigenvalue weighted by Crippen LogP contribution is 2.60. The van der Waals surface area contributed by atoms with Crippen LogP contribution in [0.15, 0.2) is 78.1 Å². The number of fused-ring (bicyclic) bond motifs is 10. The minimum Gasteiger partial charge on any atom is -0.506 e. The number of aliphatic hydroxyl groups is 8. The highest BCUT2D eigenvalue weighted by atomic mass is 16.6. The molecule has 610 valence electrons. The molecule has 36 heteroatoms. The largest absolute Gasteiger partial charge is 0.506 e. The van der Waals surface area contributed by atoms with Gasteiger partial charge in [-0.3, -0.25) is 38.4 Å². The van der Waals surface area contributed by atoms with Crippen molar-refractivity contribution in [3.05, 3.63) is 173 Å². The molecule has 115 heavy (non-hydrogen) atoms. The van der Waals surface area contributed by atoms with Crippen molar-refractivity contribution in [2.45, 2.75) is 131 Å². The predicted molar refractivity (Wildman–Crippen MR) is 383 cm³/mol. The van der Waals surface area contributed by atoms with Crippen molar-refractivity contribution in [2.24, 2.45) is 11.8 Å².